The number of hydrogen-bond acceptors (Lipinski definition) is 6. The number of benzene rings is 3. The maximum Gasteiger partial charge on any atom is 0.292 e. The van der Waals surface area contributed by atoms with E-state index in [4.69, 9.17) is 5.26 Å². The smallest absolute Gasteiger partial charge is 0.292 e. The molecule has 0 bridgehead atoms. The lowest BCUT2D eigenvalue weighted by molar-refractivity contribution is -0.383. The average molecular weight is 475 g/mol. The Kier molecular flexibility index (Phi) is 6.66. The van der Waals surface area contributed by atoms with Gasteiger partial charge in [0.05, 0.1) is 28.5 Å². The number of Topliss-reactive ketones (excluding diaryl/α,β-unsaturated/α-hetero) is 1. The van der Waals surface area contributed by atoms with E-state index in [-0.39, 0.29) is 22.5 Å². The van der Waals surface area contributed by atoms with Crippen LogP contribution in [0.15, 0.2) is 85.2 Å². The molecule has 1 heterocycles. The van der Waals surface area contributed by atoms with Crippen molar-refractivity contribution < 1.29 is 14.5 Å². The molecule has 0 saturated heterocycles. The Morgan fingerprint density at radius 1 is 0.944 bits per heavy atom. The van der Waals surface area contributed by atoms with Gasteiger partial charge in [-0.2, -0.15) is 10.5 Å². The summed E-state index contributed by atoms with van der Waals surface area (Å²) in [6, 6.07) is 23.5. The van der Waals surface area contributed by atoms with E-state index in [2.05, 4.69) is 11.4 Å². The van der Waals surface area contributed by atoms with Crippen molar-refractivity contribution in [2.24, 2.45) is 0 Å². The van der Waals surface area contributed by atoms with Gasteiger partial charge in [0.2, 0.25) is 5.91 Å². The number of amides is 1. The van der Waals surface area contributed by atoms with Gasteiger partial charge in [-0.1, -0.05) is 42.5 Å². The maximum atomic E-state index is 12.6. The van der Waals surface area contributed by atoms with Gasteiger partial charge in [0.15, 0.2) is 5.78 Å². The summed E-state index contributed by atoms with van der Waals surface area (Å²) >= 11 is 0. The van der Waals surface area contributed by atoms with Crippen LogP contribution in [0.1, 0.15) is 27.9 Å². The summed E-state index contributed by atoms with van der Waals surface area (Å²) in [5.41, 5.74) is 2.45. The highest BCUT2D eigenvalue weighted by Gasteiger charge is 2.20. The molecule has 0 aliphatic rings. The van der Waals surface area contributed by atoms with Gasteiger partial charge in [0.1, 0.15) is 11.8 Å². The summed E-state index contributed by atoms with van der Waals surface area (Å²) in [6.07, 6.45) is 2.77. The lowest BCUT2D eigenvalue weighted by atomic mass is 10.1. The molecule has 0 saturated carbocycles. The minimum atomic E-state index is -0.738. The number of nitrogens with zero attached hydrogens (tertiary/aromatic N) is 4. The molecule has 0 aliphatic carbocycles. The van der Waals surface area contributed by atoms with Gasteiger partial charge in [0.25, 0.3) is 5.69 Å². The molecule has 0 spiro atoms. The van der Waals surface area contributed by atoms with E-state index < -0.39 is 23.0 Å². The van der Waals surface area contributed by atoms with Crippen molar-refractivity contribution in [3.05, 3.63) is 112 Å². The van der Waals surface area contributed by atoms with Crippen molar-refractivity contribution in [3.63, 3.8) is 0 Å². The van der Waals surface area contributed by atoms with Crippen LogP contribution < -0.4 is 5.32 Å². The quantitative estimate of drug-likeness (QED) is 0.172. The van der Waals surface area contributed by atoms with Crippen LogP contribution in [0.3, 0.4) is 0 Å². The van der Waals surface area contributed by atoms with Crippen LogP contribution in [0.5, 0.6) is 0 Å². The highest BCUT2D eigenvalue weighted by molar-refractivity contribution is 6.11. The van der Waals surface area contributed by atoms with Crippen LogP contribution in [-0.4, -0.2) is 21.2 Å². The van der Waals surface area contributed by atoms with Crippen LogP contribution >= 0.6 is 0 Å². The molecule has 4 aromatic rings. The summed E-state index contributed by atoms with van der Waals surface area (Å²) in [6.45, 7) is 0. The highest BCUT2D eigenvalue weighted by atomic mass is 16.6. The number of carbonyl (C=O) groups is 2. The molecule has 0 radical (unpaired) electrons. The standard InChI is InChI=1S/C27H17N5O4/c28-14-18-5-4-8-20(11-18)26(33)13-27(34)30-24-12-22(9-10-25(24)32(35)36)31-16-21(15-29)23(17-31)19-6-2-1-3-7-19/h1-12,16-17H,13H2,(H,30,34). The molecule has 0 fully saturated rings. The van der Waals surface area contributed by atoms with Gasteiger partial charge in [-0.15, -0.1) is 0 Å². The Morgan fingerprint density at radius 2 is 1.72 bits per heavy atom. The molecule has 1 aromatic heterocycles. The van der Waals surface area contributed by atoms with Crippen LogP contribution in [0.2, 0.25) is 0 Å². The first kappa shape index (κ1) is 23.6. The molecule has 1 N–H and O–H groups in total. The normalized spacial score (nSPS) is 10.2. The van der Waals surface area contributed by atoms with Crippen LogP contribution in [-0.2, 0) is 4.79 Å². The van der Waals surface area contributed by atoms with Crippen LogP contribution in [0.4, 0.5) is 11.4 Å². The number of carbonyl (C=O) groups excluding carboxylic acids is 2. The first-order valence-corrected chi connectivity index (χ1v) is 10.7. The summed E-state index contributed by atoms with van der Waals surface area (Å²) in [5.74, 6) is -1.27. The summed E-state index contributed by atoms with van der Waals surface area (Å²) < 4.78 is 1.64. The van der Waals surface area contributed by atoms with Crippen molar-refractivity contribution in [1.29, 1.82) is 10.5 Å². The molecule has 4 rings (SSSR count). The fourth-order valence-corrected chi connectivity index (χ4v) is 3.69. The fourth-order valence-electron chi connectivity index (χ4n) is 3.69. The molecule has 3 aromatic carbocycles. The number of rotatable bonds is 7. The van der Waals surface area contributed by atoms with E-state index >= 15 is 0 Å². The second kappa shape index (κ2) is 10.2. The third kappa shape index (κ3) is 5.01. The monoisotopic (exact) mass is 475 g/mol. The molecule has 174 valence electrons. The molecule has 0 unspecified atom stereocenters. The molecular weight excluding hydrogens is 458 g/mol. The number of ketones is 1. The number of aromatic nitrogens is 1. The SMILES string of the molecule is N#Cc1cccc(C(=O)CC(=O)Nc2cc(-n3cc(C#N)c(-c4ccccc4)c3)ccc2[N+](=O)[O-])c1. The first-order chi connectivity index (χ1) is 17.4. The van der Waals surface area contributed by atoms with Crippen molar-refractivity contribution in [2.75, 3.05) is 5.32 Å². The molecule has 0 aliphatic heterocycles. The van der Waals surface area contributed by atoms with Gasteiger partial charge in [0, 0.05) is 35.3 Å². The average Bonchev–Trinajstić information content (AvgIpc) is 3.33. The highest BCUT2D eigenvalue weighted by Crippen LogP contribution is 2.30. The number of nitro groups is 1. The van der Waals surface area contributed by atoms with Gasteiger partial charge in [-0.05, 0) is 29.8 Å². The molecule has 9 heteroatoms. The van der Waals surface area contributed by atoms with Gasteiger partial charge in [-0.3, -0.25) is 19.7 Å². The van der Waals surface area contributed by atoms with Crippen molar-refractivity contribution in [3.8, 4) is 29.0 Å². The van der Waals surface area contributed by atoms with E-state index in [1.54, 1.807) is 17.0 Å². The number of nitrogens with one attached hydrogen (secondary N) is 1. The topological polar surface area (TPSA) is 142 Å². The second-order valence-electron chi connectivity index (χ2n) is 7.77. The Balaban J connectivity index is 1.62. The number of nitro benzene ring substituents is 1. The predicted molar refractivity (Wildman–Crippen MR) is 131 cm³/mol. The van der Waals surface area contributed by atoms with E-state index in [9.17, 15) is 25.0 Å². The zero-order chi connectivity index (χ0) is 25.7. The van der Waals surface area contributed by atoms with E-state index in [0.29, 0.717) is 16.8 Å². The summed E-state index contributed by atoms with van der Waals surface area (Å²) in [7, 11) is 0. The largest absolute Gasteiger partial charge is 0.322 e. The van der Waals surface area contributed by atoms with E-state index in [1.165, 1.54) is 42.5 Å². The van der Waals surface area contributed by atoms with Gasteiger partial charge < -0.3 is 9.88 Å². The Labute approximate surface area is 205 Å². The molecule has 1 amide bonds. The minimum Gasteiger partial charge on any atom is -0.322 e. The van der Waals surface area contributed by atoms with Crippen molar-refractivity contribution in [2.45, 2.75) is 6.42 Å². The Hall–Kier alpha value is -5.54. The van der Waals surface area contributed by atoms with Gasteiger partial charge in [-0.25, -0.2) is 0 Å². The lowest BCUT2D eigenvalue weighted by Gasteiger charge is -2.09. The fraction of sp³-hybridized carbons (Fsp3) is 0.0370. The zero-order valence-electron chi connectivity index (χ0n) is 18.7. The predicted octanol–water partition coefficient (Wildman–Crippen LogP) is 5.01. The Morgan fingerprint density at radius 3 is 2.42 bits per heavy atom. The second-order valence-corrected chi connectivity index (χ2v) is 7.77. The van der Waals surface area contributed by atoms with Crippen LogP contribution in [0, 0.1) is 32.8 Å². The summed E-state index contributed by atoms with van der Waals surface area (Å²) in [5, 5.41) is 32.6. The molecular formula is C27H17N5O4. The third-order valence-corrected chi connectivity index (χ3v) is 5.42. The lowest BCUT2D eigenvalue weighted by Crippen LogP contribution is -2.17. The van der Waals surface area contributed by atoms with E-state index in [1.807, 2.05) is 36.4 Å². The van der Waals surface area contributed by atoms with Crippen molar-refractivity contribution >= 4 is 23.1 Å². The number of anilines is 1. The molecule has 9 nitrogen and oxygen atoms in total. The molecule has 0 atom stereocenters. The Bertz CT molecular complexity index is 1580. The maximum absolute atomic E-state index is 12.6. The third-order valence-electron chi connectivity index (χ3n) is 5.42. The minimum absolute atomic E-state index is 0.0884. The summed E-state index contributed by atoms with van der Waals surface area (Å²) in [4.78, 5) is 36.0. The van der Waals surface area contributed by atoms with Crippen LogP contribution in [0.25, 0.3) is 16.8 Å². The van der Waals surface area contributed by atoms with Crippen molar-refractivity contribution in [1.82, 2.24) is 4.57 Å². The molecule has 36 heavy (non-hydrogen) atoms. The first-order valence-electron chi connectivity index (χ1n) is 10.7. The number of nitriles is 2. The van der Waals surface area contributed by atoms with E-state index in [0.717, 1.165) is 5.56 Å². The van der Waals surface area contributed by atoms with Gasteiger partial charge >= 0.3 is 0 Å². The number of hydrogen-bond donors (Lipinski definition) is 1. The zero-order valence-corrected chi connectivity index (χ0v) is 18.7.